The molecule has 1 heterocycles. The minimum atomic E-state index is -0.527. The molecule has 0 aliphatic rings. The van der Waals surface area contributed by atoms with E-state index in [0.717, 1.165) is 5.69 Å². The molecule has 2 aromatic rings. The molecule has 0 bridgehead atoms. The fourth-order valence-electron chi connectivity index (χ4n) is 1.42. The summed E-state index contributed by atoms with van der Waals surface area (Å²) in [6.45, 7) is 1.99. The van der Waals surface area contributed by atoms with Crippen LogP contribution in [0.3, 0.4) is 0 Å². The highest BCUT2D eigenvalue weighted by molar-refractivity contribution is 5.20. The summed E-state index contributed by atoms with van der Waals surface area (Å²) in [6, 6.07) is 3.86. The first kappa shape index (κ1) is 9.83. The summed E-state index contributed by atoms with van der Waals surface area (Å²) in [4.78, 5) is 3.99. The summed E-state index contributed by atoms with van der Waals surface area (Å²) < 4.78 is 28.2. The number of aromatic nitrogens is 2. The predicted molar refractivity (Wildman–Crippen MR) is 52.4 cm³/mol. The molecule has 0 atom stereocenters. The Labute approximate surface area is 86.2 Å². The van der Waals surface area contributed by atoms with Gasteiger partial charge in [-0.05, 0) is 19.1 Å². The summed E-state index contributed by atoms with van der Waals surface area (Å²) in [5, 5.41) is 0. The molecule has 0 aliphatic heterocycles. The Bertz CT molecular complexity index is 457. The Kier molecular flexibility index (Phi) is 2.49. The molecular formula is C11H10F2N2. The number of halogens is 2. The second-order valence-corrected chi connectivity index (χ2v) is 3.39. The molecule has 4 heteroatoms. The van der Waals surface area contributed by atoms with Gasteiger partial charge in [0, 0.05) is 11.8 Å². The second-order valence-electron chi connectivity index (χ2n) is 3.39. The molecule has 0 radical (unpaired) electrons. The van der Waals surface area contributed by atoms with E-state index >= 15 is 0 Å². The van der Waals surface area contributed by atoms with Crippen LogP contribution in [0.1, 0.15) is 11.3 Å². The third-order valence-electron chi connectivity index (χ3n) is 2.16. The summed E-state index contributed by atoms with van der Waals surface area (Å²) in [5.74, 6) is -1.05. The lowest BCUT2D eigenvalue weighted by molar-refractivity contribution is 0.544. The van der Waals surface area contributed by atoms with Crippen molar-refractivity contribution in [3.05, 3.63) is 53.6 Å². The van der Waals surface area contributed by atoms with Crippen molar-refractivity contribution >= 4 is 0 Å². The summed E-state index contributed by atoms with van der Waals surface area (Å²) in [6.07, 6.45) is 3.30. The average molecular weight is 208 g/mol. The fraction of sp³-hybridized carbons (Fsp3) is 0.182. The van der Waals surface area contributed by atoms with Crippen molar-refractivity contribution in [1.82, 2.24) is 9.55 Å². The van der Waals surface area contributed by atoms with Crippen molar-refractivity contribution in [3.63, 3.8) is 0 Å². The maximum absolute atomic E-state index is 13.3. The largest absolute Gasteiger partial charge is 0.333 e. The average Bonchev–Trinajstić information content (AvgIpc) is 2.58. The summed E-state index contributed by atoms with van der Waals surface area (Å²) in [7, 11) is 0. The molecule has 0 aliphatic carbocycles. The molecule has 0 N–H and O–H groups in total. The van der Waals surface area contributed by atoms with Crippen LogP contribution in [0, 0.1) is 18.6 Å². The van der Waals surface area contributed by atoms with Gasteiger partial charge in [0.15, 0.2) is 0 Å². The lowest BCUT2D eigenvalue weighted by atomic mass is 10.2. The molecule has 15 heavy (non-hydrogen) atoms. The topological polar surface area (TPSA) is 17.8 Å². The van der Waals surface area contributed by atoms with Crippen LogP contribution in [0.4, 0.5) is 8.78 Å². The molecule has 0 spiro atoms. The normalized spacial score (nSPS) is 10.6. The molecule has 2 nitrogen and oxygen atoms in total. The van der Waals surface area contributed by atoms with Crippen LogP contribution < -0.4 is 0 Å². The molecular weight excluding hydrogens is 198 g/mol. The van der Waals surface area contributed by atoms with Gasteiger partial charge < -0.3 is 4.57 Å². The summed E-state index contributed by atoms with van der Waals surface area (Å²) in [5.41, 5.74) is 0.890. The van der Waals surface area contributed by atoms with E-state index < -0.39 is 11.6 Å². The van der Waals surface area contributed by atoms with E-state index in [2.05, 4.69) is 4.98 Å². The van der Waals surface area contributed by atoms with Crippen molar-refractivity contribution in [1.29, 1.82) is 0 Å². The van der Waals surface area contributed by atoms with Crippen LogP contribution in [0.15, 0.2) is 30.7 Å². The Hall–Kier alpha value is -1.71. The highest BCUT2D eigenvalue weighted by atomic mass is 19.1. The van der Waals surface area contributed by atoms with Gasteiger partial charge in [0.25, 0.3) is 0 Å². The quantitative estimate of drug-likeness (QED) is 0.741. The number of rotatable bonds is 2. The van der Waals surface area contributed by atoms with E-state index in [0.29, 0.717) is 0 Å². The SMILES string of the molecule is Cc1cn(Cc2c(F)cccc2F)cn1. The van der Waals surface area contributed by atoms with Crippen molar-refractivity contribution in [2.24, 2.45) is 0 Å². The Morgan fingerprint density at radius 3 is 2.47 bits per heavy atom. The van der Waals surface area contributed by atoms with Gasteiger partial charge in [-0.3, -0.25) is 0 Å². The van der Waals surface area contributed by atoms with Gasteiger partial charge in [-0.1, -0.05) is 6.07 Å². The number of hydrogen-bond donors (Lipinski definition) is 0. The third-order valence-corrected chi connectivity index (χ3v) is 2.16. The van der Waals surface area contributed by atoms with E-state index in [1.54, 1.807) is 17.1 Å². The van der Waals surface area contributed by atoms with Gasteiger partial charge in [-0.25, -0.2) is 13.8 Å². The molecule has 0 fully saturated rings. The Morgan fingerprint density at radius 1 is 1.27 bits per heavy atom. The monoisotopic (exact) mass is 208 g/mol. The summed E-state index contributed by atoms with van der Waals surface area (Å²) >= 11 is 0. The van der Waals surface area contributed by atoms with Gasteiger partial charge in [0.2, 0.25) is 0 Å². The smallest absolute Gasteiger partial charge is 0.131 e. The number of imidazole rings is 1. The minimum Gasteiger partial charge on any atom is -0.333 e. The van der Waals surface area contributed by atoms with E-state index in [1.807, 2.05) is 6.92 Å². The van der Waals surface area contributed by atoms with Gasteiger partial charge in [0.1, 0.15) is 11.6 Å². The number of aryl methyl sites for hydroxylation is 1. The first-order valence-corrected chi connectivity index (χ1v) is 4.58. The van der Waals surface area contributed by atoms with E-state index in [9.17, 15) is 8.78 Å². The molecule has 0 saturated carbocycles. The highest BCUT2D eigenvalue weighted by Crippen LogP contribution is 2.13. The van der Waals surface area contributed by atoms with Gasteiger partial charge >= 0.3 is 0 Å². The van der Waals surface area contributed by atoms with Gasteiger partial charge in [-0.2, -0.15) is 0 Å². The van der Waals surface area contributed by atoms with Crippen LogP contribution in [0.2, 0.25) is 0 Å². The lowest BCUT2D eigenvalue weighted by Gasteiger charge is -2.04. The van der Waals surface area contributed by atoms with E-state index in [1.165, 1.54) is 18.2 Å². The molecule has 0 amide bonds. The number of hydrogen-bond acceptors (Lipinski definition) is 1. The van der Waals surface area contributed by atoms with Crippen molar-refractivity contribution in [2.45, 2.75) is 13.5 Å². The molecule has 0 unspecified atom stereocenters. The van der Waals surface area contributed by atoms with Crippen molar-refractivity contribution in [3.8, 4) is 0 Å². The fourth-order valence-corrected chi connectivity index (χ4v) is 1.42. The molecule has 0 saturated heterocycles. The standard InChI is InChI=1S/C11H10F2N2/c1-8-5-15(7-14-8)6-9-10(12)3-2-4-11(9)13/h2-5,7H,6H2,1H3. The maximum atomic E-state index is 13.3. The first-order valence-electron chi connectivity index (χ1n) is 4.58. The maximum Gasteiger partial charge on any atom is 0.131 e. The highest BCUT2D eigenvalue weighted by Gasteiger charge is 2.08. The molecule has 1 aromatic heterocycles. The first-order chi connectivity index (χ1) is 7.16. The van der Waals surface area contributed by atoms with Crippen LogP contribution in [0.25, 0.3) is 0 Å². The number of benzene rings is 1. The van der Waals surface area contributed by atoms with Crippen molar-refractivity contribution < 1.29 is 8.78 Å². The van der Waals surface area contributed by atoms with Gasteiger partial charge in [-0.15, -0.1) is 0 Å². The molecule has 2 rings (SSSR count). The van der Waals surface area contributed by atoms with E-state index in [-0.39, 0.29) is 12.1 Å². The minimum absolute atomic E-state index is 0.0647. The Morgan fingerprint density at radius 2 is 1.93 bits per heavy atom. The van der Waals surface area contributed by atoms with Crippen LogP contribution in [-0.4, -0.2) is 9.55 Å². The van der Waals surface area contributed by atoms with E-state index in [4.69, 9.17) is 0 Å². The van der Waals surface area contributed by atoms with Crippen LogP contribution in [0.5, 0.6) is 0 Å². The zero-order valence-electron chi connectivity index (χ0n) is 8.24. The zero-order chi connectivity index (χ0) is 10.8. The third kappa shape index (κ3) is 2.03. The second kappa shape index (κ2) is 3.81. The zero-order valence-corrected chi connectivity index (χ0v) is 8.24. The van der Waals surface area contributed by atoms with Crippen molar-refractivity contribution in [2.75, 3.05) is 0 Å². The number of nitrogens with zero attached hydrogens (tertiary/aromatic N) is 2. The molecule has 78 valence electrons. The Balaban J connectivity index is 2.31. The van der Waals surface area contributed by atoms with Crippen LogP contribution >= 0.6 is 0 Å². The predicted octanol–water partition coefficient (Wildman–Crippen LogP) is 2.52. The van der Waals surface area contributed by atoms with Crippen LogP contribution in [-0.2, 0) is 6.54 Å². The molecule has 1 aromatic carbocycles. The lowest BCUT2D eigenvalue weighted by Crippen LogP contribution is -2.02. The van der Waals surface area contributed by atoms with Gasteiger partial charge in [0.05, 0.1) is 18.6 Å².